The fourth-order valence-electron chi connectivity index (χ4n) is 4.93. The van der Waals surface area contributed by atoms with Crippen LogP contribution in [0.15, 0.2) is 24.3 Å². The predicted molar refractivity (Wildman–Crippen MR) is 140 cm³/mol. The highest BCUT2D eigenvalue weighted by atomic mass is 16.6. The number of amides is 3. The number of hydrogen-bond donors (Lipinski definition) is 4. The first-order chi connectivity index (χ1) is 18.2. The molecule has 1 aromatic carbocycles. The minimum Gasteiger partial charge on any atom is -0.497 e. The molecule has 1 saturated heterocycles. The van der Waals surface area contributed by atoms with Crippen molar-refractivity contribution in [1.29, 1.82) is 0 Å². The Morgan fingerprint density at radius 1 is 1.00 bits per heavy atom. The third kappa shape index (κ3) is 10.1. The Hall–Kier alpha value is -2.98. The molecule has 1 aliphatic heterocycles. The molecule has 2 saturated carbocycles. The number of carbonyl (C=O) groups excluding carboxylic acids is 4. The maximum absolute atomic E-state index is 12.4. The van der Waals surface area contributed by atoms with Crippen molar-refractivity contribution in [2.75, 3.05) is 26.8 Å². The zero-order valence-corrected chi connectivity index (χ0v) is 22.4. The summed E-state index contributed by atoms with van der Waals surface area (Å²) in [5.41, 5.74) is 1.26. The summed E-state index contributed by atoms with van der Waals surface area (Å²) in [5, 5.41) is 17.2. The monoisotopic (exact) mass is 531 g/mol. The number of ketones is 1. The molecule has 38 heavy (non-hydrogen) atoms. The van der Waals surface area contributed by atoms with Crippen molar-refractivity contribution in [2.24, 2.45) is 11.8 Å². The summed E-state index contributed by atoms with van der Waals surface area (Å²) >= 11 is 0. The van der Waals surface area contributed by atoms with Crippen LogP contribution in [0, 0.1) is 18.8 Å². The molecule has 1 aromatic rings. The van der Waals surface area contributed by atoms with Gasteiger partial charge in [-0.15, -0.1) is 0 Å². The van der Waals surface area contributed by atoms with E-state index in [-0.39, 0.29) is 30.7 Å². The number of nitrogens with one attached hydrogen (secondary N) is 3. The molecule has 3 amide bonds. The lowest BCUT2D eigenvalue weighted by atomic mass is 9.94. The Labute approximate surface area is 224 Å². The van der Waals surface area contributed by atoms with E-state index in [1.807, 2.05) is 24.3 Å². The Morgan fingerprint density at radius 3 is 2.24 bits per heavy atom. The average molecular weight is 532 g/mol. The standard InChI is InChI=1S/C20H31N3O6.C8H10O/c24-14-6-5-13(8-14)20(28)22-9-17(25)21-10-18(26)23-15(19(27)16-11-29-16)7-12-3-1-2-4-12;1-7-3-5-8(9-2)6-4-7/h12-16,24H,1-11H2,(H,21,25)(H,22,28)(H,23,26);3-6H,1-2H3. The quantitative estimate of drug-likeness (QED) is 0.316. The van der Waals surface area contributed by atoms with Crippen molar-refractivity contribution in [3.05, 3.63) is 29.8 Å². The van der Waals surface area contributed by atoms with Gasteiger partial charge in [-0.3, -0.25) is 19.2 Å². The third-order valence-corrected chi connectivity index (χ3v) is 7.27. The van der Waals surface area contributed by atoms with Gasteiger partial charge in [0.25, 0.3) is 0 Å². The number of rotatable bonds is 11. The molecule has 1 heterocycles. The van der Waals surface area contributed by atoms with E-state index in [1.54, 1.807) is 7.11 Å². The van der Waals surface area contributed by atoms with Crippen molar-refractivity contribution in [1.82, 2.24) is 16.0 Å². The van der Waals surface area contributed by atoms with Crippen LogP contribution in [0.25, 0.3) is 0 Å². The smallest absolute Gasteiger partial charge is 0.239 e. The van der Waals surface area contributed by atoms with Gasteiger partial charge < -0.3 is 30.5 Å². The van der Waals surface area contributed by atoms with Crippen LogP contribution >= 0.6 is 0 Å². The molecule has 0 aromatic heterocycles. The first-order valence-electron chi connectivity index (χ1n) is 13.5. The number of methoxy groups -OCH3 is 1. The molecule has 0 spiro atoms. The number of ether oxygens (including phenoxy) is 2. The van der Waals surface area contributed by atoms with Gasteiger partial charge in [-0.05, 0) is 50.7 Å². The van der Waals surface area contributed by atoms with E-state index in [0.717, 1.165) is 31.4 Å². The average Bonchev–Trinajstić information content (AvgIpc) is 3.46. The van der Waals surface area contributed by atoms with Crippen LogP contribution in [0.3, 0.4) is 0 Å². The molecular formula is C28H41N3O7. The molecule has 10 heteroatoms. The summed E-state index contributed by atoms with van der Waals surface area (Å²) in [5.74, 6) is -0.178. The highest BCUT2D eigenvalue weighted by Crippen LogP contribution is 2.30. The van der Waals surface area contributed by atoms with Crippen LogP contribution in [0.1, 0.15) is 56.9 Å². The predicted octanol–water partition coefficient (Wildman–Crippen LogP) is 1.42. The zero-order chi connectivity index (χ0) is 27.5. The van der Waals surface area contributed by atoms with Gasteiger partial charge in [-0.25, -0.2) is 0 Å². The summed E-state index contributed by atoms with van der Waals surface area (Å²) in [6, 6.07) is 7.38. The topological polar surface area (TPSA) is 146 Å². The van der Waals surface area contributed by atoms with E-state index >= 15 is 0 Å². The number of epoxide rings is 1. The van der Waals surface area contributed by atoms with Crippen molar-refractivity contribution in [3.63, 3.8) is 0 Å². The molecule has 4 N–H and O–H groups in total. The second kappa shape index (κ2) is 14.8. The molecule has 3 fully saturated rings. The highest BCUT2D eigenvalue weighted by Gasteiger charge is 2.38. The molecule has 0 bridgehead atoms. The number of hydrogen-bond acceptors (Lipinski definition) is 7. The number of aliphatic hydroxyl groups is 1. The van der Waals surface area contributed by atoms with E-state index in [9.17, 15) is 24.3 Å². The van der Waals surface area contributed by atoms with Crippen molar-refractivity contribution in [2.45, 2.75) is 76.5 Å². The lowest BCUT2D eigenvalue weighted by Gasteiger charge is -2.20. The number of benzene rings is 1. The third-order valence-electron chi connectivity index (χ3n) is 7.27. The normalized spacial score (nSPS) is 23.0. The Morgan fingerprint density at radius 2 is 1.66 bits per heavy atom. The number of aliphatic hydroxyl groups excluding tert-OH is 1. The number of aryl methyl sites for hydroxylation is 1. The molecule has 210 valence electrons. The second-order valence-electron chi connectivity index (χ2n) is 10.4. The van der Waals surface area contributed by atoms with Crippen LogP contribution in [0.2, 0.25) is 0 Å². The van der Waals surface area contributed by atoms with E-state index < -0.39 is 30.1 Å². The number of carbonyl (C=O) groups is 4. The van der Waals surface area contributed by atoms with Crippen LogP contribution in [-0.2, 0) is 23.9 Å². The van der Waals surface area contributed by atoms with E-state index in [2.05, 4.69) is 22.9 Å². The second-order valence-corrected chi connectivity index (χ2v) is 10.4. The lowest BCUT2D eigenvalue weighted by molar-refractivity contribution is -0.130. The van der Waals surface area contributed by atoms with Gasteiger partial charge in [-0.1, -0.05) is 43.4 Å². The number of Topliss-reactive ketones (excluding diaryl/α,β-unsaturated/α-hetero) is 1. The fraction of sp³-hybridized carbons (Fsp3) is 0.643. The van der Waals surface area contributed by atoms with Crippen LogP contribution in [-0.4, -0.2) is 73.7 Å². The van der Waals surface area contributed by atoms with E-state index in [4.69, 9.17) is 9.47 Å². The van der Waals surface area contributed by atoms with Crippen LogP contribution in [0.4, 0.5) is 0 Å². The summed E-state index contributed by atoms with van der Waals surface area (Å²) < 4.78 is 10.0. The van der Waals surface area contributed by atoms with E-state index in [1.165, 1.54) is 5.56 Å². The summed E-state index contributed by atoms with van der Waals surface area (Å²) in [6.07, 6.45) is 5.81. The van der Waals surface area contributed by atoms with Crippen LogP contribution in [0.5, 0.6) is 5.75 Å². The summed E-state index contributed by atoms with van der Waals surface area (Å²) in [7, 11) is 1.67. The summed E-state index contributed by atoms with van der Waals surface area (Å²) in [4.78, 5) is 48.5. The van der Waals surface area contributed by atoms with Gasteiger partial charge in [0.05, 0.1) is 39.0 Å². The zero-order valence-electron chi connectivity index (χ0n) is 22.4. The highest BCUT2D eigenvalue weighted by molar-refractivity contribution is 5.94. The molecular weight excluding hydrogens is 490 g/mol. The first-order valence-corrected chi connectivity index (χ1v) is 13.5. The Bertz CT molecular complexity index is 942. The lowest BCUT2D eigenvalue weighted by Crippen LogP contribution is -2.48. The largest absolute Gasteiger partial charge is 0.497 e. The van der Waals surface area contributed by atoms with Gasteiger partial charge in [0.2, 0.25) is 17.7 Å². The SMILES string of the molecule is COc1ccc(C)cc1.O=C(CNC(=O)C1CCC(O)C1)NCC(=O)NC(CC1CCCC1)C(=O)C1CO1. The van der Waals surface area contributed by atoms with Crippen molar-refractivity contribution in [3.8, 4) is 5.75 Å². The maximum atomic E-state index is 12.4. The first kappa shape index (κ1) is 29.6. The van der Waals surface area contributed by atoms with Gasteiger partial charge >= 0.3 is 0 Å². The Balaban J connectivity index is 0.000000375. The molecule has 0 radical (unpaired) electrons. The van der Waals surface area contributed by atoms with Crippen molar-refractivity contribution >= 4 is 23.5 Å². The molecule has 4 atom stereocenters. The van der Waals surface area contributed by atoms with Gasteiger partial charge in [0, 0.05) is 5.92 Å². The van der Waals surface area contributed by atoms with Gasteiger partial charge in [0.1, 0.15) is 11.9 Å². The van der Waals surface area contributed by atoms with Gasteiger partial charge in [0.15, 0.2) is 5.78 Å². The van der Waals surface area contributed by atoms with Crippen LogP contribution < -0.4 is 20.7 Å². The molecule has 10 nitrogen and oxygen atoms in total. The summed E-state index contributed by atoms with van der Waals surface area (Å²) in [6.45, 7) is 1.99. The minimum absolute atomic E-state index is 0.0948. The molecule has 4 unspecified atom stereocenters. The molecule has 2 aliphatic carbocycles. The molecule has 3 aliphatic rings. The van der Waals surface area contributed by atoms with Crippen molar-refractivity contribution < 1.29 is 33.8 Å². The molecule has 4 rings (SSSR count). The maximum Gasteiger partial charge on any atom is 0.239 e. The van der Waals surface area contributed by atoms with Gasteiger partial charge in [-0.2, -0.15) is 0 Å². The minimum atomic E-state index is -0.580. The van der Waals surface area contributed by atoms with E-state index in [0.29, 0.717) is 38.2 Å². The fourth-order valence-corrected chi connectivity index (χ4v) is 4.93. The Kier molecular flexibility index (Phi) is 11.5.